The normalized spacial score (nSPS) is 10.3. The molecule has 0 rings (SSSR count). The molecule has 0 aromatic rings. The smallest absolute Gasteiger partial charge is 0.0725 e. The molecule has 0 aliphatic rings. The summed E-state index contributed by atoms with van der Waals surface area (Å²) in [7, 11) is 1.50. The Kier molecular flexibility index (Phi) is 4.60. The molecule has 0 N–H and O–H groups in total. The van der Waals surface area contributed by atoms with Crippen LogP contribution in [0.4, 0.5) is 0 Å². The van der Waals surface area contributed by atoms with Gasteiger partial charge in [0.2, 0.25) is 0 Å². The third-order valence-corrected chi connectivity index (χ3v) is 0.899. The number of hydrogen-bond donors (Lipinski definition) is 0. The molecular weight excluding hydrogens is 112 g/mol. The van der Waals surface area contributed by atoms with Gasteiger partial charge < -0.3 is 0 Å². The van der Waals surface area contributed by atoms with Gasteiger partial charge in [0.15, 0.2) is 0 Å². The monoisotopic (exact) mass is 122 g/mol. The summed E-state index contributed by atoms with van der Waals surface area (Å²) in [4.78, 5) is 4.32. The maximum atomic E-state index is 4.51. The highest BCUT2D eigenvalue weighted by molar-refractivity contribution is 7.95. The molecule has 0 aliphatic heterocycles. The highest BCUT2D eigenvalue weighted by Crippen LogP contribution is 2.09. The van der Waals surface area contributed by atoms with Crippen LogP contribution < -0.4 is 0 Å². The largest absolute Gasteiger partial charge is 0.228 e. The Labute approximate surface area is 48.3 Å². The van der Waals surface area contributed by atoms with Crippen molar-refractivity contribution in [3.8, 4) is 0 Å². The van der Waals surface area contributed by atoms with Crippen molar-refractivity contribution in [3.05, 3.63) is 0 Å². The summed E-state index contributed by atoms with van der Waals surface area (Å²) in [5.41, 5.74) is 0. The van der Waals surface area contributed by atoms with E-state index in [0.717, 1.165) is 0 Å². The molecule has 0 unspecified atom stereocenters. The fourth-order valence-corrected chi connectivity index (χ4v) is 0.354. The summed E-state index contributed by atoms with van der Waals surface area (Å²) in [6, 6.07) is 0. The van der Waals surface area contributed by atoms with Gasteiger partial charge in [0.1, 0.15) is 0 Å². The third kappa shape index (κ3) is 6.27. The highest BCUT2D eigenvalue weighted by Gasteiger charge is 1.91. The van der Waals surface area contributed by atoms with E-state index in [4.69, 9.17) is 0 Å². The molecule has 7 heavy (non-hydrogen) atoms. The lowest BCUT2D eigenvalue weighted by Gasteiger charge is -1.98. The molecule has 2 nitrogen and oxygen atoms in total. The van der Waals surface area contributed by atoms with Crippen LogP contribution >= 0.6 is 12.0 Å². The molecule has 3 heteroatoms. The number of rotatable bonds is 3. The molecule has 0 fully saturated rings. The molecule has 0 aliphatic carbocycles. The Morgan fingerprint density at radius 3 is 2.14 bits per heavy atom. The summed E-state index contributed by atoms with van der Waals surface area (Å²) < 4.78 is 4.51. The second-order valence-electron chi connectivity index (χ2n) is 1.38. The van der Waals surface area contributed by atoms with Crippen LogP contribution in [0.5, 0.6) is 0 Å². The van der Waals surface area contributed by atoms with Gasteiger partial charge in [0, 0.05) is 17.3 Å². The van der Waals surface area contributed by atoms with Crippen LogP contribution in [0.25, 0.3) is 0 Å². The molecule has 0 aromatic heterocycles. The second-order valence-corrected chi connectivity index (χ2v) is 2.65. The minimum absolute atomic E-state index is 0.472. The first kappa shape index (κ1) is 7.27. The van der Waals surface area contributed by atoms with Gasteiger partial charge in [-0.15, -0.1) is 0 Å². The Bertz CT molecular complexity index is 38.7. The summed E-state index contributed by atoms with van der Waals surface area (Å²) in [5.74, 6) is 0. The molecule has 44 valence electrons. The van der Waals surface area contributed by atoms with Gasteiger partial charge in [-0.1, -0.05) is 13.8 Å². The molecule has 0 radical (unpaired) electrons. The minimum Gasteiger partial charge on any atom is -0.228 e. The number of hydrogen-bond acceptors (Lipinski definition) is 3. The van der Waals surface area contributed by atoms with E-state index in [0.29, 0.717) is 5.25 Å². The molecule has 0 saturated carbocycles. The zero-order valence-electron chi connectivity index (χ0n) is 4.80. The molecule has 0 amide bonds. The van der Waals surface area contributed by atoms with Crippen molar-refractivity contribution < 1.29 is 9.22 Å². The third-order valence-electron chi connectivity index (χ3n) is 0.300. The van der Waals surface area contributed by atoms with E-state index >= 15 is 0 Å². The Morgan fingerprint density at radius 1 is 1.43 bits per heavy atom. The molecule has 0 bridgehead atoms. The average Bonchev–Trinajstić information content (AvgIpc) is 1.61. The average molecular weight is 122 g/mol. The quantitative estimate of drug-likeness (QED) is 0.322. The fourth-order valence-electron chi connectivity index (χ4n) is 0.118. The first-order valence-electron chi connectivity index (χ1n) is 2.13. The van der Waals surface area contributed by atoms with Crippen LogP contribution in [0.2, 0.25) is 0 Å². The van der Waals surface area contributed by atoms with E-state index in [9.17, 15) is 0 Å². The molecular formula is C4H10O2S. The van der Waals surface area contributed by atoms with E-state index in [1.54, 1.807) is 0 Å². The van der Waals surface area contributed by atoms with E-state index in [1.807, 2.05) is 13.8 Å². The first-order valence-corrected chi connectivity index (χ1v) is 2.94. The molecule has 0 aromatic carbocycles. The Hall–Kier alpha value is 0.270. The van der Waals surface area contributed by atoms with Crippen LogP contribution in [-0.4, -0.2) is 12.4 Å². The van der Waals surface area contributed by atoms with Crippen LogP contribution in [0, 0.1) is 0 Å². The van der Waals surface area contributed by atoms with Crippen molar-refractivity contribution in [1.82, 2.24) is 0 Å². The maximum Gasteiger partial charge on any atom is 0.0725 e. The Morgan fingerprint density at radius 2 is 2.00 bits per heavy atom. The van der Waals surface area contributed by atoms with E-state index < -0.39 is 0 Å². The van der Waals surface area contributed by atoms with E-state index in [1.165, 1.54) is 19.2 Å². The second kappa shape index (κ2) is 4.43. The van der Waals surface area contributed by atoms with Gasteiger partial charge in [0.05, 0.1) is 7.11 Å². The van der Waals surface area contributed by atoms with E-state index in [-0.39, 0.29) is 0 Å². The lowest BCUT2D eigenvalue weighted by Crippen LogP contribution is -1.87. The SMILES string of the molecule is COOSC(C)C. The minimum atomic E-state index is 0.472. The zero-order chi connectivity index (χ0) is 5.70. The van der Waals surface area contributed by atoms with Crippen LogP contribution in [-0.2, 0) is 9.22 Å². The van der Waals surface area contributed by atoms with E-state index in [2.05, 4.69) is 9.22 Å². The summed E-state index contributed by atoms with van der Waals surface area (Å²) in [5, 5.41) is 0.472. The van der Waals surface area contributed by atoms with Gasteiger partial charge in [-0.25, -0.2) is 4.89 Å². The lowest BCUT2D eigenvalue weighted by molar-refractivity contribution is -0.160. The lowest BCUT2D eigenvalue weighted by atomic mass is 10.6. The van der Waals surface area contributed by atoms with Gasteiger partial charge in [-0.05, 0) is 0 Å². The van der Waals surface area contributed by atoms with Crippen molar-refractivity contribution in [3.63, 3.8) is 0 Å². The van der Waals surface area contributed by atoms with Crippen LogP contribution in [0.1, 0.15) is 13.8 Å². The first-order chi connectivity index (χ1) is 3.27. The zero-order valence-corrected chi connectivity index (χ0v) is 5.62. The molecule has 0 saturated heterocycles. The standard InChI is InChI=1S/C4H10O2S/c1-4(2)7-6-5-3/h4H,1-3H3. The van der Waals surface area contributed by atoms with Gasteiger partial charge in [-0.2, -0.15) is 4.33 Å². The summed E-state index contributed by atoms with van der Waals surface area (Å²) in [6.45, 7) is 4.06. The highest BCUT2D eigenvalue weighted by atomic mass is 32.2. The summed E-state index contributed by atoms with van der Waals surface area (Å²) >= 11 is 1.31. The predicted molar refractivity (Wildman–Crippen MR) is 30.8 cm³/mol. The molecule has 0 heterocycles. The van der Waals surface area contributed by atoms with Gasteiger partial charge in [-0.3, -0.25) is 0 Å². The van der Waals surface area contributed by atoms with Crippen molar-refractivity contribution in [1.29, 1.82) is 0 Å². The molecule has 0 spiro atoms. The van der Waals surface area contributed by atoms with Crippen molar-refractivity contribution >= 4 is 12.0 Å². The van der Waals surface area contributed by atoms with Crippen molar-refractivity contribution in [2.45, 2.75) is 19.1 Å². The van der Waals surface area contributed by atoms with Gasteiger partial charge >= 0.3 is 0 Å². The van der Waals surface area contributed by atoms with Gasteiger partial charge in [0.25, 0.3) is 0 Å². The maximum absolute atomic E-state index is 4.51. The molecule has 0 atom stereocenters. The Balaban J connectivity index is 2.68. The topological polar surface area (TPSA) is 18.5 Å². The van der Waals surface area contributed by atoms with Crippen LogP contribution in [0.15, 0.2) is 0 Å². The van der Waals surface area contributed by atoms with Crippen molar-refractivity contribution in [2.24, 2.45) is 0 Å². The van der Waals surface area contributed by atoms with Crippen molar-refractivity contribution in [2.75, 3.05) is 7.11 Å². The van der Waals surface area contributed by atoms with Crippen LogP contribution in [0.3, 0.4) is 0 Å². The fraction of sp³-hybridized carbons (Fsp3) is 1.00. The summed E-state index contributed by atoms with van der Waals surface area (Å²) in [6.07, 6.45) is 0. The predicted octanol–water partition coefficient (Wildman–Crippen LogP) is 1.62.